The molecule has 0 aliphatic heterocycles. The summed E-state index contributed by atoms with van der Waals surface area (Å²) in [6.45, 7) is 6.62. The Labute approximate surface area is 392 Å². The predicted octanol–water partition coefficient (Wildman–Crippen LogP) is 18.3. The Hall–Kier alpha value is -2.11. The van der Waals surface area contributed by atoms with Crippen LogP contribution in [-0.2, 0) is 28.6 Å². The number of rotatable bonds is 51. The standard InChI is InChI=1S/C57H106O6/c1-4-7-10-13-16-19-22-24-26-27-28-29-31-33-36-39-42-45-48-51-57(60)63-54(52-61-55(58)49-46-43-40-37-34-21-18-15-12-9-6-3)53-62-56(59)50-47-44-41-38-35-32-30-25-23-20-17-14-11-8-5-2/h15,18,25,30,54H,4-14,16-17,19-24,26-29,31-53H2,1-3H3/b18-15-,30-25-/t54-/m0/s1. The summed E-state index contributed by atoms with van der Waals surface area (Å²) >= 11 is 0. The molecule has 0 aromatic rings. The van der Waals surface area contributed by atoms with Crippen LogP contribution in [0, 0.1) is 0 Å². The van der Waals surface area contributed by atoms with Crippen molar-refractivity contribution < 1.29 is 28.6 Å². The fraction of sp³-hybridized carbons (Fsp3) is 0.877. The van der Waals surface area contributed by atoms with Gasteiger partial charge in [-0.2, -0.15) is 0 Å². The van der Waals surface area contributed by atoms with Gasteiger partial charge >= 0.3 is 17.9 Å². The Bertz CT molecular complexity index is 1020. The van der Waals surface area contributed by atoms with Crippen LogP contribution in [0.25, 0.3) is 0 Å². The van der Waals surface area contributed by atoms with Gasteiger partial charge in [0.2, 0.25) is 0 Å². The number of hydrogen-bond acceptors (Lipinski definition) is 6. The van der Waals surface area contributed by atoms with Crippen LogP contribution >= 0.6 is 0 Å². The van der Waals surface area contributed by atoms with Crippen LogP contribution in [0.1, 0.15) is 303 Å². The van der Waals surface area contributed by atoms with Crippen molar-refractivity contribution in [2.45, 2.75) is 309 Å². The monoisotopic (exact) mass is 887 g/mol. The molecule has 0 aromatic carbocycles. The lowest BCUT2D eigenvalue weighted by molar-refractivity contribution is -0.167. The van der Waals surface area contributed by atoms with E-state index in [0.29, 0.717) is 19.3 Å². The minimum Gasteiger partial charge on any atom is -0.462 e. The first-order valence-electron chi connectivity index (χ1n) is 27.8. The zero-order chi connectivity index (χ0) is 45.8. The zero-order valence-electron chi connectivity index (χ0n) is 42.4. The molecular formula is C57H106O6. The Kier molecular flexibility index (Phi) is 50.8. The van der Waals surface area contributed by atoms with E-state index in [0.717, 1.165) is 70.6 Å². The Morgan fingerprint density at radius 2 is 0.540 bits per heavy atom. The minimum atomic E-state index is -0.773. The molecule has 0 N–H and O–H groups in total. The highest BCUT2D eigenvalue weighted by molar-refractivity contribution is 5.71. The smallest absolute Gasteiger partial charge is 0.306 e. The SMILES string of the molecule is CCCC/C=C\CCCCCCCC(=O)OC[C@@H](COC(=O)CCCCCCC/C=C\CCCCCCCC)OC(=O)CCCCCCCCCCCCCCCCCCCCC. The first-order valence-corrected chi connectivity index (χ1v) is 27.8. The van der Waals surface area contributed by atoms with Gasteiger partial charge in [0.25, 0.3) is 0 Å². The molecule has 0 aliphatic carbocycles. The summed E-state index contributed by atoms with van der Waals surface area (Å²) in [6, 6.07) is 0. The molecule has 0 amide bonds. The average molecular weight is 887 g/mol. The van der Waals surface area contributed by atoms with Crippen molar-refractivity contribution in [2.24, 2.45) is 0 Å². The predicted molar refractivity (Wildman–Crippen MR) is 270 cm³/mol. The van der Waals surface area contributed by atoms with E-state index < -0.39 is 6.10 Å². The van der Waals surface area contributed by atoms with Crippen molar-refractivity contribution in [3.05, 3.63) is 24.3 Å². The minimum absolute atomic E-state index is 0.0744. The number of carbonyl (C=O) groups excluding carboxylic acids is 3. The lowest BCUT2D eigenvalue weighted by Gasteiger charge is -2.18. The number of unbranched alkanes of at least 4 members (excludes halogenated alkanes) is 36. The Balaban J connectivity index is 4.30. The average Bonchev–Trinajstić information content (AvgIpc) is 3.28. The summed E-state index contributed by atoms with van der Waals surface area (Å²) in [6.07, 6.45) is 60.3. The van der Waals surface area contributed by atoms with E-state index in [2.05, 4.69) is 45.1 Å². The summed E-state index contributed by atoms with van der Waals surface area (Å²) < 4.78 is 16.8. The molecule has 0 rings (SSSR count). The first-order chi connectivity index (χ1) is 31.0. The molecule has 0 aromatic heterocycles. The van der Waals surface area contributed by atoms with Crippen LogP contribution in [0.2, 0.25) is 0 Å². The molecular weight excluding hydrogens is 781 g/mol. The van der Waals surface area contributed by atoms with Crippen LogP contribution in [0.15, 0.2) is 24.3 Å². The number of ether oxygens (including phenoxy) is 3. The van der Waals surface area contributed by atoms with Gasteiger partial charge < -0.3 is 14.2 Å². The second-order valence-corrected chi connectivity index (χ2v) is 18.8. The van der Waals surface area contributed by atoms with Gasteiger partial charge in [0, 0.05) is 19.3 Å². The van der Waals surface area contributed by atoms with Crippen molar-refractivity contribution in [1.29, 1.82) is 0 Å². The first kappa shape index (κ1) is 60.9. The highest BCUT2D eigenvalue weighted by Crippen LogP contribution is 2.16. The molecule has 63 heavy (non-hydrogen) atoms. The van der Waals surface area contributed by atoms with Gasteiger partial charge in [0.1, 0.15) is 13.2 Å². The molecule has 0 spiro atoms. The molecule has 0 radical (unpaired) electrons. The molecule has 6 nitrogen and oxygen atoms in total. The van der Waals surface area contributed by atoms with Crippen molar-refractivity contribution >= 4 is 17.9 Å². The Morgan fingerprint density at radius 3 is 0.841 bits per heavy atom. The quantitative estimate of drug-likeness (QED) is 0.0262. The second-order valence-electron chi connectivity index (χ2n) is 18.8. The largest absolute Gasteiger partial charge is 0.462 e. The number of esters is 3. The highest BCUT2D eigenvalue weighted by atomic mass is 16.6. The van der Waals surface area contributed by atoms with Gasteiger partial charge in [-0.05, 0) is 64.2 Å². The summed E-state index contributed by atoms with van der Waals surface area (Å²) in [5.41, 5.74) is 0. The third-order valence-electron chi connectivity index (χ3n) is 12.4. The number of allylic oxidation sites excluding steroid dienone is 4. The third kappa shape index (κ3) is 50.7. The third-order valence-corrected chi connectivity index (χ3v) is 12.4. The van der Waals surface area contributed by atoms with Crippen LogP contribution in [0.4, 0.5) is 0 Å². The van der Waals surface area contributed by atoms with E-state index in [1.807, 2.05) is 0 Å². The van der Waals surface area contributed by atoms with Gasteiger partial charge in [-0.15, -0.1) is 0 Å². The molecule has 0 aliphatic rings. The van der Waals surface area contributed by atoms with E-state index in [4.69, 9.17) is 14.2 Å². The van der Waals surface area contributed by atoms with Gasteiger partial charge in [-0.25, -0.2) is 0 Å². The maximum atomic E-state index is 12.8. The lowest BCUT2D eigenvalue weighted by atomic mass is 10.0. The molecule has 370 valence electrons. The molecule has 0 fully saturated rings. The molecule has 1 atom stereocenters. The van der Waals surface area contributed by atoms with Crippen molar-refractivity contribution in [2.75, 3.05) is 13.2 Å². The van der Waals surface area contributed by atoms with Gasteiger partial charge in [-0.3, -0.25) is 14.4 Å². The summed E-state index contributed by atoms with van der Waals surface area (Å²) in [7, 11) is 0. The molecule has 0 saturated carbocycles. The van der Waals surface area contributed by atoms with Crippen LogP contribution in [-0.4, -0.2) is 37.2 Å². The van der Waals surface area contributed by atoms with E-state index in [1.165, 1.54) is 193 Å². The maximum absolute atomic E-state index is 12.8. The lowest BCUT2D eigenvalue weighted by Crippen LogP contribution is -2.30. The summed E-state index contributed by atoms with van der Waals surface area (Å²) in [5, 5.41) is 0. The summed E-state index contributed by atoms with van der Waals surface area (Å²) in [5.74, 6) is -0.875. The van der Waals surface area contributed by atoms with Crippen LogP contribution in [0.3, 0.4) is 0 Å². The topological polar surface area (TPSA) is 78.9 Å². The second kappa shape index (κ2) is 52.5. The molecule has 0 unspecified atom stereocenters. The highest BCUT2D eigenvalue weighted by Gasteiger charge is 2.19. The van der Waals surface area contributed by atoms with E-state index >= 15 is 0 Å². The fourth-order valence-electron chi connectivity index (χ4n) is 8.18. The van der Waals surface area contributed by atoms with Crippen molar-refractivity contribution in [1.82, 2.24) is 0 Å². The molecule has 0 saturated heterocycles. The zero-order valence-corrected chi connectivity index (χ0v) is 42.4. The van der Waals surface area contributed by atoms with E-state index in [-0.39, 0.29) is 31.1 Å². The van der Waals surface area contributed by atoms with Gasteiger partial charge in [0.05, 0.1) is 0 Å². The Morgan fingerprint density at radius 1 is 0.302 bits per heavy atom. The normalized spacial score (nSPS) is 12.1. The van der Waals surface area contributed by atoms with Gasteiger partial charge in [0.15, 0.2) is 6.10 Å². The van der Waals surface area contributed by atoms with Crippen molar-refractivity contribution in [3.63, 3.8) is 0 Å². The van der Waals surface area contributed by atoms with Crippen LogP contribution < -0.4 is 0 Å². The number of hydrogen-bond donors (Lipinski definition) is 0. The van der Waals surface area contributed by atoms with Crippen molar-refractivity contribution in [3.8, 4) is 0 Å². The molecule has 6 heteroatoms. The molecule has 0 heterocycles. The fourth-order valence-corrected chi connectivity index (χ4v) is 8.18. The molecule has 0 bridgehead atoms. The van der Waals surface area contributed by atoms with Crippen LogP contribution in [0.5, 0.6) is 0 Å². The van der Waals surface area contributed by atoms with E-state index in [1.54, 1.807) is 0 Å². The number of carbonyl (C=O) groups is 3. The van der Waals surface area contributed by atoms with Gasteiger partial charge in [-0.1, -0.05) is 244 Å². The van der Waals surface area contributed by atoms with E-state index in [9.17, 15) is 14.4 Å². The summed E-state index contributed by atoms with van der Waals surface area (Å²) in [4.78, 5) is 38.0. The maximum Gasteiger partial charge on any atom is 0.306 e.